The lowest BCUT2D eigenvalue weighted by molar-refractivity contribution is -0.118. The Kier molecular flexibility index (Phi) is 31.8. The van der Waals surface area contributed by atoms with Gasteiger partial charge in [0.25, 0.3) is 23.6 Å². The summed E-state index contributed by atoms with van der Waals surface area (Å²) < 4.78 is 50.5. The minimum absolute atomic E-state index is 0.000146. The number of aromatic nitrogens is 6. The molecule has 33 heteroatoms. The Morgan fingerprint density at radius 3 is 1.38 bits per heavy atom. The van der Waals surface area contributed by atoms with Crippen LogP contribution in [-0.4, -0.2) is 207 Å². The van der Waals surface area contributed by atoms with Crippen molar-refractivity contribution in [2.45, 2.75) is 51.6 Å². The number of nitrogens with two attached hydrogens (primary N) is 1. The van der Waals surface area contributed by atoms with Crippen LogP contribution in [0.3, 0.4) is 0 Å². The quantitative estimate of drug-likeness (QED) is 0.0201. The number of benzene rings is 3. The molecule has 0 aliphatic carbocycles. The van der Waals surface area contributed by atoms with Gasteiger partial charge >= 0.3 is 0 Å². The third kappa shape index (κ3) is 25.2. The lowest BCUT2D eigenvalue weighted by Crippen LogP contribution is -2.43. The molecule has 0 spiro atoms. The number of anilines is 7. The summed E-state index contributed by atoms with van der Waals surface area (Å²) >= 11 is 6.14. The molecule has 10 N–H and O–H groups in total. The zero-order valence-corrected chi connectivity index (χ0v) is 60.1. The molecule has 8 amide bonds. The number of nitrogens with zero attached hydrogens (tertiary/aromatic N) is 7. The second kappa shape index (κ2) is 41.4. The summed E-state index contributed by atoms with van der Waals surface area (Å²) in [4.78, 5) is 113. The van der Waals surface area contributed by atoms with Gasteiger partial charge in [0.1, 0.15) is 11.4 Å². The van der Waals surface area contributed by atoms with Crippen LogP contribution in [0.2, 0.25) is 5.02 Å². The number of ether oxygens (including phenoxy) is 8. The van der Waals surface area contributed by atoms with E-state index < -0.39 is 23.6 Å². The first-order valence-electron chi connectivity index (χ1n) is 34.1. The van der Waals surface area contributed by atoms with Gasteiger partial charge in [0.05, 0.1) is 130 Å². The van der Waals surface area contributed by atoms with Crippen LogP contribution in [0.1, 0.15) is 93.4 Å². The van der Waals surface area contributed by atoms with Gasteiger partial charge in [-0.05, 0) is 90.7 Å². The van der Waals surface area contributed by atoms with Crippen molar-refractivity contribution in [2.24, 2.45) is 33.9 Å². The molecule has 1 aliphatic rings. The molecule has 2 atom stereocenters. The highest BCUT2D eigenvalue weighted by atomic mass is 35.5. The van der Waals surface area contributed by atoms with Crippen molar-refractivity contribution in [3.63, 3.8) is 0 Å². The highest BCUT2D eigenvalue weighted by Crippen LogP contribution is 2.41. The molecule has 0 unspecified atom stereocenters. The van der Waals surface area contributed by atoms with E-state index in [0.29, 0.717) is 115 Å². The number of carbonyl (C=O) groups excluding carboxylic acids is 8. The molecule has 7 aromatic rings. The van der Waals surface area contributed by atoms with E-state index in [-0.39, 0.29) is 122 Å². The SMILES string of the molecule is CC(=O)N1c2ccc(-c3ccc(NC(=O)CCOCCOCCOCCOCCOCCOCCOCCOCCNC(=O)c4cc(NC(=O)c5nc(NC(=O)CCNC(=O)c6cc(NC(=O)c7nc(NC(=O)CCN)cn7C)cn6C)cn5C)cn4C)cc3)cc2[C@H](Nc2ccc(Cl)cc2)C[C@@H]1C. The Balaban J connectivity index is 0.565. The van der Waals surface area contributed by atoms with Gasteiger partial charge in [-0.1, -0.05) is 29.8 Å². The number of aryl methyl sites for hydroxylation is 4. The Hall–Kier alpha value is -9.87. The minimum Gasteiger partial charge on any atom is -0.379 e. The van der Waals surface area contributed by atoms with Crippen molar-refractivity contribution in [2.75, 3.05) is 162 Å². The topological polar surface area (TPSA) is 381 Å². The number of nitrogens with one attached hydrogen (secondary N) is 8. The number of hydrogen-bond donors (Lipinski definition) is 9. The van der Waals surface area contributed by atoms with Crippen molar-refractivity contribution in [3.8, 4) is 11.1 Å². The average Bonchev–Trinajstić information content (AvgIpc) is 1.08. The Labute approximate surface area is 607 Å². The maximum Gasteiger partial charge on any atom is 0.291 e. The van der Waals surface area contributed by atoms with Crippen molar-refractivity contribution in [1.29, 1.82) is 0 Å². The van der Waals surface area contributed by atoms with Gasteiger partial charge in [0.2, 0.25) is 35.3 Å². The third-order valence-electron chi connectivity index (χ3n) is 16.0. The number of carbonyl (C=O) groups is 8. The molecule has 32 nitrogen and oxygen atoms in total. The summed E-state index contributed by atoms with van der Waals surface area (Å²) in [5, 5.41) is 23.3. The smallest absolute Gasteiger partial charge is 0.291 e. The van der Waals surface area contributed by atoms with Crippen LogP contribution in [0.5, 0.6) is 0 Å². The molecular formula is C71H93ClN16O16. The van der Waals surface area contributed by atoms with Crippen molar-refractivity contribution in [1.82, 2.24) is 38.9 Å². The first kappa shape index (κ1) is 79.8. The monoisotopic (exact) mass is 1460 g/mol. The number of imidazole rings is 2. The van der Waals surface area contributed by atoms with E-state index in [1.807, 2.05) is 65.6 Å². The molecule has 560 valence electrons. The molecule has 104 heavy (non-hydrogen) atoms. The standard InChI is InChI=1S/C71H93ClN16O16/c1-47-39-57(76-52-14-10-51(72)11-15-52)56-40-50(9-16-58(56)88(47)48(2)89)49-7-12-53(13-8-49)77-65(92)19-23-97-25-27-99-29-31-101-33-35-103-37-38-104-36-34-102-32-30-100-28-26-98-24-22-75-69(94)60-42-55(44-85(60)4)79-71(96)67-83-62(46-87(67)6)81-64(91)18-21-74-68(93)59-41-54(43-84(59)3)78-70(95)66-82-61(45-86(66)5)80-63(90)17-20-73/h7-16,40-47,57,76H,17-39,73H2,1-6H3,(H,74,93)(H,75,94)(H,77,92)(H,78,95)(H,79,96)(H,80,90)(H,81,91)/t47-,57+/m0/s1. The predicted octanol–water partition coefficient (Wildman–Crippen LogP) is 5.89. The molecule has 0 radical (unpaired) electrons. The fraction of sp³-hybridized carbons (Fsp3) is 0.437. The summed E-state index contributed by atoms with van der Waals surface area (Å²) in [7, 11) is 6.45. The number of amides is 8. The normalized spacial score (nSPS) is 13.2. The summed E-state index contributed by atoms with van der Waals surface area (Å²) in [5.74, 6) is -2.74. The summed E-state index contributed by atoms with van der Waals surface area (Å²) in [6, 6.07) is 24.4. The molecule has 0 bridgehead atoms. The van der Waals surface area contributed by atoms with Crippen LogP contribution in [0.15, 0.2) is 104 Å². The fourth-order valence-electron chi connectivity index (χ4n) is 11.0. The Bertz CT molecular complexity index is 3990. The zero-order valence-electron chi connectivity index (χ0n) is 59.4. The van der Waals surface area contributed by atoms with E-state index in [1.165, 1.54) is 44.4 Å². The highest BCUT2D eigenvalue weighted by molar-refractivity contribution is 6.30. The number of rotatable bonds is 44. The van der Waals surface area contributed by atoms with Gasteiger partial charge in [-0.2, -0.15) is 0 Å². The fourth-order valence-corrected chi connectivity index (χ4v) is 11.1. The molecule has 3 aromatic carbocycles. The van der Waals surface area contributed by atoms with Crippen LogP contribution in [0.4, 0.5) is 40.1 Å². The lowest BCUT2D eigenvalue weighted by Gasteiger charge is -2.39. The molecule has 0 saturated heterocycles. The molecule has 0 saturated carbocycles. The van der Waals surface area contributed by atoms with Crippen LogP contribution in [0, 0.1) is 0 Å². The first-order chi connectivity index (χ1) is 50.2. The summed E-state index contributed by atoms with van der Waals surface area (Å²) in [5.41, 5.74) is 12.1. The van der Waals surface area contributed by atoms with Crippen molar-refractivity contribution >= 4 is 98.9 Å². The molecule has 5 heterocycles. The summed E-state index contributed by atoms with van der Waals surface area (Å²) in [6.07, 6.45) is 6.96. The first-order valence-corrected chi connectivity index (χ1v) is 34.5. The largest absolute Gasteiger partial charge is 0.379 e. The highest BCUT2D eigenvalue weighted by Gasteiger charge is 2.33. The van der Waals surface area contributed by atoms with E-state index in [2.05, 4.69) is 65.5 Å². The Morgan fingerprint density at radius 1 is 0.462 bits per heavy atom. The van der Waals surface area contributed by atoms with Gasteiger partial charge in [0, 0.05) is 121 Å². The van der Waals surface area contributed by atoms with Gasteiger partial charge in [-0.3, -0.25) is 38.4 Å². The van der Waals surface area contributed by atoms with Gasteiger partial charge in [-0.15, -0.1) is 0 Å². The lowest BCUT2D eigenvalue weighted by atomic mass is 9.89. The molecular weight excluding hydrogens is 1370 g/mol. The van der Waals surface area contributed by atoms with Crippen molar-refractivity contribution < 1.29 is 76.3 Å². The van der Waals surface area contributed by atoms with E-state index in [1.54, 1.807) is 45.9 Å². The van der Waals surface area contributed by atoms with Crippen LogP contribution in [0.25, 0.3) is 11.1 Å². The zero-order chi connectivity index (χ0) is 74.3. The second-order valence-electron chi connectivity index (χ2n) is 24.1. The van der Waals surface area contributed by atoms with E-state index in [4.69, 9.17) is 55.2 Å². The molecule has 8 rings (SSSR count). The number of hydrogen-bond acceptors (Lipinski definition) is 20. The third-order valence-corrected chi connectivity index (χ3v) is 16.3. The van der Waals surface area contributed by atoms with Gasteiger partial charge < -0.3 is 109 Å². The summed E-state index contributed by atoms with van der Waals surface area (Å²) in [6.45, 7) is 9.87. The second-order valence-corrected chi connectivity index (χ2v) is 24.5. The van der Waals surface area contributed by atoms with E-state index in [0.717, 1.165) is 34.5 Å². The number of halogens is 1. The van der Waals surface area contributed by atoms with Gasteiger partial charge in [0.15, 0.2) is 11.6 Å². The maximum atomic E-state index is 13.3. The van der Waals surface area contributed by atoms with E-state index in [9.17, 15) is 38.4 Å². The Morgan fingerprint density at radius 2 is 0.894 bits per heavy atom. The van der Waals surface area contributed by atoms with Crippen molar-refractivity contribution in [3.05, 3.63) is 137 Å². The molecule has 4 aromatic heterocycles. The molecule has 0 fully saturated rings. The predicted molar refractivity (Wildman–Crippen MR) is 390 cm³/mol. The van der Waals surface area contributed by atoms with Crippen LogP contribution >= 0.6 is 11.6 Å². The molecule has 1 aliphatic heterocycles. The maximum absolute atomic E-state index is 13.3. The van der Waals surface area contributed by atoms with Crippen LogP contribution in [-0.2, 0) is 85.3 Å². The van der Waals surface area contributed by atoms with E-state index >= 15 is 0 Å². The van der Waals surface area contributed by atoms with Gasteiger partial charge in [-0.25, -0.2) is 9.97 Å². The average molecular weight is 1460 g/mol. The minimum atomic E-state index is -0.593. The number of fused-ring (bicyclic) bond motifs is 1. The van der Waals surface area contributed by atoms with Crippen LogP contribution < -0.4 is 53.2 Å².